The summed E-state index contributed by atoms with van der Waals surface area (Å²) in [6.07, 6.45) is 0. The van der Waals surface area contributed by atoms with Crippen LogP contribution in [0, 0.1) is 0 Å². The van der Waals surface area contributed by atoms with Crippen LogP contribution in [0.3, 0.4) is 0 Å². The van der Waals surface area contributed by atoms with Crippen molar-refractivity contribution in [2.24, 2.45) is 0 Å². The van der Waals surface area contributed by atoms with Crippen LogP contribution in [0.2, 0.25) is 0 Å². The van der Waals surface area contributed by atoms with Gasteiger partial charge in [0.2, 0.25) is 0 Å². The van der Waals surface area contributed by atoms with Crippen molar-refractivity contribution in [2.45, 2.75) is 19.3 Å². The average Bonchev–Trinajstić information content (AvgIpc) is 3.31. The standard InChI is InChI=1S/C43H33N/c1-43(2)41-20-12-11-19-37(41)38-26-25-36(29-42(38)43)44(34-17-7-4-8-18-34)35-23-21-31(22-24-35)40-28-33-16-10-9-15-32(33)27-39(40)30-13-5-3-6-14-30/h3-29H,1-2H3. The third-order valence-corrected chi connectivity index (χ3v) is 9.25. The minimum atomic E-state index is -0.0575. The summed E-state index contributed by atoms with van der Waals surface area (Å²) in [5.74, 6) is 0. The van der Waals surface area contributed by atoms with Crippen molar-refractivity contribution in [3.63, 3.8) is 0 Å². The monoisotopic (exact) mass is 563 g/mol. The molecule has 0 saturated carbocycles. The number of benzene rings is 7. The number of nitrogens with zero attached hydrogens (tertiary/aromatic N) is 1. The van der Waals surface area contributed by atoms with Crippen LogP contribution in [0.15, 0.2) is 164 Å². The maximum Gasteiger partial charge on any atom is 0.0465 e. The van der Waals surface area contributed by atoms with Crippen LogP contribution in [-0.2, 0) is 5.41 Å². The van der Waals surface area contributed by atoms with E-state index >= 15 is 0 Å². The van der Waals surface area contributed by atoms with Gasteiger partial charge < -0.3 is 4.90 Å². The molecule has 210 valence electrons. The zero-order valence-corrected chi connectivity index (χ0v) is 25.0. The van der Waals surface area contributed by atoms with Gasteiger partial charge in [0.05, 0.1) is 0 Å². The maximum absolute atomic E-state index is 2.40. The van der Waals surface area contributed by atoms with E-state index in [4.69, 9.17) is 0 Å². The van der Waals surface area contributed by atoms with Gasteiger partial charge in [0, 0.05) is 22.5 Å². The quantitative estimate of drug-likeness (QED) is 0.201. The molecule has 8 rings (SSSR count). The van der Waals surface area contributed by atoms with Crippen molar-refractivity contribution >= 4 is 27.8 Å². The van der Waals surface area contributed by atoms with E-state index in [1.54, 1.807) is 0 Å². The van der Waals surface area contributed by atoms with E-state index in [9.17, 15) is 0 Å². The molecule has 0 N–H and O–H groups in total. The number of fused-ring (bicyclic) bond motifs is 4. The Labute approximate surface area is 259 Å². The molecule has 0 unspecified atom stereocenters. The summed E-state index contributed by atoms with van der Waals surface area (Å²) in [6, 6.07) is 59.6. The maximum atomic E-state index is 2.40. The fourth-order valence-corrected chi connectivity index (χ4v) is 6.98. The molecule has 0 fully saturated rings. The molecular weight excluding hydrogens is 530 g/mol. The topological polar surface area (TPSA) is 3.24 Å². The molecule has 0 atom stereocenters. The number of para-hydroxylation sites is 1. The lowest BCUT2D eigenvalue weighted by Gasteiger charge is -2.28. The summed E-state index contributed by atoms with van der Waals surface area (Å²) in [7, 11) is 0. The molecule has 0 heterocycles. The molecule has 0 spiro atoms. The van der Waals surface area contributed by atoms with Gasteiger partial charge in [-0.15, -0.1) is 0 Å². The molecule has 0 aromatic heterocycles. The molecule has 0 amide bonds. The molecule has 0 aliphatic heterocycles. The predicted molar refractivity (Wildman–Crippen MR) is 187 cm³/mol. The largest absolute Gasteiger partial charge is 0.310 e. The highest BCUT2D eigenvalue weighted by atomic mass is 15.1. The predicted octanol–water partition coefficient (Wildman–Crippen LogP) is 11.9. The first kappa shape index (κ1) is 26.2. The van der Waals surface area contributed by atoms with Crippen LogP contribution in [-0.4, -0.2) is 0 Å². The molecule has 0 radical (unpaired) electrons. The number of hydrogen-bond acceptors (Lipinski definition) is 1. The van der Waals surface area contributed by atoms with Crippen LogP contribution in [0.5, 0.6) is 0 Å². The van der Waals surface area contributed by atoms with E-state index in [2.05, 4.69) is 183 Å². The van der Waals surface area contributed by atoms with Gasteiger partial charge in [-0.2, -0.15) is 0 Å². The minimum absolute atomic E-state index is 0.0575. The summed E-state index contributed by atoms with van der Waals surface area (Å²) < 4.78 is 0. The summed E-state index contributed by atoms with van der Waals surface area (Å²) in [6.45, 7) is 4.69. The second-order valence-corrected chi connectivity index (χ2v) is 12.2. The Kier molecular flexibility index (Phi) is 6.20. The highest BCUT2D eigenvalue weighted by molar-refractivity contribution is 5.97. The number of hydrogen-bond donors (Lipinski definition) is 0. The Hall–Kier alpha value is -5.40. The first-order chi connectivity index (χ1) is 21.6. The smallest absolute Gasteiger partial charge is 0.0465 e. The SMILES string of the molecule is CC1(C)c2ccccc2-c2ccc(N(c3ccccc3)c3ccc(-c4cc5ccccc5cc4-c4ccccc4)cc3)cc21. The van der Waals surface area contributed by atoms with Gasteiger partial charge in [-0.3, -0.25) is 0 Å². The second kappa shape index (κ2) is 10.4. The van der Waals surface area contributed by atoms with Crippen molar-refractivity contribution in [2.75, 3.05) is 4.90 Å². The van der Waals surface area contributed by atoms with E-state index in [-0.39, 0.29) is 5.41 Å². The van der Waals surface area contributed by atoms with Gasteiger partial charge in [-0.1, -0.05) is 129 Å². The van der Waals surface area contributed by atoms with Crippen LogP contribution in [0.25, 0.3) is 44.2 Å². The first-order valence-corrected chi connectivity index (χ1v) is 15.4. The highest BCUT2D eigenvalue weighted by Gasteiger charge is 2.35. The van der Waals surface area contributed by atoms with Crippen LogP contribution >= 0.6 is 0 Å². The van der Waals surface area contributed by atoms with Gasteiger partial charge in [-0.25, -0.2) is 0 Å². The Morgan fingerprint density at radius 2 is 0.864 bits per heavy atom. The van der Waals surface area contributed by atoms with E-state index in [0.717, 1.165) is 11.4 Å². The second-order valence-electron chi connectivity index (χ2n) is 12.2. The summed E-state index contributed by atoms with van der Waals surface area (Å²) in [4.78, 5) is 2.38. The molecule has 1 aliphatic carbocycles. The Bertz CT molecular complexity index is 2120. The zero-order valence-electron chi connectivity index (χ0n) is 25.0. The summed E-state index contributed by atoms with van der Waals surface area (Å²) in [5.41, 5.74) is 13.8. The minimum Gasteiger partial charge on any atom is -0.310 e. The van der Waals surface area contributed by atoms with Gasteiger partial charge in [0.25, 0.3) is 0 Å². The molecular formula is C43H33N. The van der Waals surface area contributed by atoms with Crippen LogP contribution in [0.4, 0.5) is 17.1 Å². The van der Waals surface area contributed by atoms with Crippen molar-refractivity contribution in [1.82, 2.24) is 0 Å². The van der Waals surface area contributed by atoms with Crippen molar-refractivity contribution in [1.29, 1.82) is 0 Å². The third kappa shape index (κ3) is 4.32. The number of anilines is 3. The Morgan fingerprint density at radius 3 is 1.55 bits per heavy atom. The lowest BCUT2D eigenvalue weighted by Crippen LogP contribution is -2.16. The van der Waals surface area contributed by atoms with E-state index < -0.39 is 0 Å². The van der Waals surface area contributed by atoms with Crippen molar-refractivity contribution in [3.05, 3.63) is 175 Å². The fraction of sp³-hybridized carbons (Fsp3) is 0.0698. The molecule has 1 heteroatoms. The fourth-order valence-electron chi connectivity index (χ4n) is 6.98. The molecule has 7 aromatic rings. The van der Waals surface area contributed by atoms with E-state index in [0.29, 0.717) is 0 Å². The van der Waals surface area contributed by atoms with E-state index in [1.165, 1.54) is 61.0 Å². The van der Waals surface area contributed by atoms with Gasteiger partial charge in [0.15, 0.2) is 0 Å². The van der Waals surface area contributed by atoms with Gasteiger partial charge in [-0.05, 0) is 104 Å². The lowest BCUT2D eigenvalue weighted by atomic mass is 9.82. The third-order valence-electron chi connectivity index (χ3n) is 9.25. The molecule has 7 aromatic carbocycles. The van der Waals surface area contributed by atoms with Crippen LogP contribution in [0.1, 0.15) is 25.0 Å². The Morgan fingerprint density at radius 1 is 0.364 bits per heavy atom. The average molecular weight is 564 g/mol. The van der Waals surface area contributed by atoms with E-state index in [1.807, 2.05) is 0 Å². The van der Waals surface area contributed by atoms with Crippen LogP contribution < -0.4 is 4.90 Å². The molecule has 0 bridgehead atoms. The molecule has 0 saturated heterocycles. The number of rotatable bonds is 5. The summed E-state index contributed by atoms with van der Waals surface area (Å²) in [5, 5.41) is 2.50. The Balaban J connectivity index is 1.25. The normalized spacial score (nSPS) is 13.0. The van der Waals surface area contributed by atoms with Crippen molar-refractivity contribution in [3.8, 4) is 33.4 Å². The van der Waals surface area contributed by atoms with Gasteiger partial charge >= 0.3 is 0 Å². The van der Waals surface area contributed by atoms with Gasteiger partial charge in [0.1, 0.15) is 0 Å². The molecule has 44 heavy (non-hydrogen) atoms. The molecule has 1 nitrogen and oxygen atoms in total. The summed E-state index contributed by atoms with van der Waals surface area (Å²) >= 11 is 0. The lowest BCUT2D eigenvalue weighted by molar-refractivity contribution is 0.660. The zero-order chi connectivity index (χ0) is 29.7. The first-order valence-electron chi connectivity index (χ1n) is 15.4. The molecule has 1 aliphatic rings. The highest BCUT2D eigenvalue weighted by Crippen LogP contribution is 2.50. The van der Waals surface area contributed by atoms with Crippen molar-refractivity contribution < 1.29 is 0 Å².